The number of phenolic OH excluding ortho intramolecular Hbond substituents is 1. The molecule has 1 fully saturated rings. The van der Waals surface area contributed by atoms with Crippen LogP contribution < -0.4 is 10.6 Å². The van der Waals surface area contributed by atoms with Gasteiger partial charge < -0.3 is 10.4 Å². The van der Waals surface area contributed by atoms with Gasteiger partial charge in [0.2, 0.25) is 11.8 Å². The topological polar surface area (TPSA) is 95.5 Å². The Kier molecular flexibility index (Phi) is 3.27. The minimum absolute atomic E-state index is 0.0223. The number of nitrogens with one attached hydrogen (secondary N) is 2. The van der Waals surface area contributed by atoms with Gasteiger partial charge in [-0.1, -0.05) is 6.07 Å². The third-order valence-electron chi connectivity index (χ3n) is 2.65. The number of benzene rings is 1. The predicted octanol–water partition coefficient (Wildman–Crippen LogP) is -0.0728. The Balaban J connectivity index is 2.03. The van der Waals surface area contributed by atoms with Gasteiger partial charge in [0.1, 0.15) is 11.8 Å². The summed E-state index contributed by atoms with van der Waals surface area (Å²) in [4.78, 5) is 34.2. The van der Waals surface area contributed by atoms with Gasteiger partial charge in [-0.3, -0.25) is 19.7 Å². The lowest BCUT2D eigenvalue weighted by molar-refractivity contribution is -0.134. The standard InChI is InChI=1S/C12H12N2O4/c15-8-3-1-2-7(6-8)11(17)13-9-4-5-10(16)14-12(9)18/h1-3,6,9,15H,4-5H2,(H,13,17)(H,14,16,18)/t9-/m0/s1. The van der Waals surface area contributed by atoms with Crippen molar-refractivity contribution in [2.45, 2.75) is 18.9 Å². The number of carbonyl (C=O) groups excluding carboxylic acids is 3. The summed E-state index contributed by atoms with van der Waals surface area (Å²) in [5.41, 5.74) is 0.264. The number of hydrogen-bond donors (Lipinski definition) is 3. The Labute approximate surface area is 103 Å². The number of piperidine rings is 1. The fourth-order valence-corrected chi connectivity index (χ4v) is 1.72. The largest absolute Gasteiger partial charge is 0.508 e. The minimum Gasteiger partial charge on any atom is -0.508 e. The highest BCUT2D eigenvalue weighted by Crippen LogP contribution is 2.12. The first-order chi connectivity index (χ1) is 8.56. The summed E-state index contributed by atoms with van der Waals surface area (Å²) in [6, 6.07) is 5.11. The molecule has 0 aromatic heterocycles. The van der Waals surface area contributed by atoms with Gasteiger partial charge in [-0.2, -0.15) is 0 Å². The van der Waals surface area contributed by atoms with Crippen LogP contribution in [0, 0.1) is 0 Å². The maximum absolute atomic E-state index is 11.8. The molecule has 0 aliphatic carbocycles. The summed E-state index contributed by atoms with van der Waals surface area (Å²) in [7, 11) is 0. The molecule has 94 valence electrons. The summed E-state index contributed by atoms with van der Waals surface area (Å²) in [5.74, 6) is -1.31. The average Bonchev–Trinajstić information content (AvgIpc) is 2.32. The van der Waals surface area contributed by atoms with E-state index in [2.05, 4.69) is 10.6 Å². The quantitative estimate of drug-likeness (QED) is 0.638. The molecule has 0 unspecified atom stereocenters. The van der Waals surface area contributed by atoms with E-state index in [4.69, 9.17) is 0 Å². The summed E-state index contributed by atoms with van der Waals surface area (Å²) >= 11 is 0. The van der Waals surface area contributed by atoms with Crippen LogP contribution in [-0.4, -0.2) is 28.9 Å². The van der Waals surface area contributed by atoms with Gasteiger partial charge >= 0.3 is 0 Å². The van der Waals surface area contributed by atoms with Crippen LogP contribution in [0.15, 0.2) is 24.3 Å². The van der Waals surface area contributed by atoms with E-state index < -0.39 is 17.9 Å². The molecule has 1 aliphatic heterocycles. The second kappa shape index (κ2) is 4.87. The predicted molar refractivity (Wildman–Crippen MR) is 61.7 cm³/mol. The van der Waals surface area contributed by atoms with Crippen molar-refractivity contribution in [2.24, 2.45) is 0 Å². The molecule has 3 N–H and O–H groups in total. The lowest BCUT2D eigenvalue weighted by atomic mass is 10.1. The van der Waals surface area contributed by atoms with Gasteiger partial charge in [-0.25, -0.2) is 0 Å². The first kappa shape index (κ1) is 12.1. The van der Waals surface area contributed by atoms with Crippen LogP contribution in [0.5, 0.6) is 5.75 Å². The minimum atomic E-state index is -0.711. The van der Waals surface area contributed by atoms with Gasteiger partial charge in [0.05, 0.1) is 0 Å². The van der Waals surface area contributed by atoms with Crippen molar-refractivity contribution < 1.29 is 19.5 Å². The highest BCUT2D eigenvalue weighted by molar-refractivity contribution is 6.03. The maximum atomic E-state index is 11.8. The highest BCUT2D eigenvalue weighted by Gasteiger charge is 2.27. The van der Waals surface area contributed by atoms with E-state index in [9.17, 15) is 19.5 Å². The molecule has 0 spiro atoms. The van der Waals surface area contributed by atoms with Gasteiger partial charge in [0.25, 0.3) is 5.91 Å². The Bertz CT molecular complexity index is 513. The summed E-state index contributed by atoms with van der Waals surface area (Å²) in [6.45, 7) is 0. The van der Waals surface area contributed by atoms with Crippen LogP contribution in [0.25, 0.3) is 0 Å². The van der Waals surface area contributed by atoms with Gasteiger partial charge in [-0.15, -0.1) is 0 Å². The molecule has 1 atom stereocenters. The molecule has 1 heterocycles. The number of rotatable bonds is 2. The van der Waals surface area contributed by atoms with Crippen LogP contribution in [0.4, 0.5) is 0 Å². The van der Waals surface area contributed by atoms with Crippen molar-refractivity contribution in [3.63, 3.8) is 0 Å². The Morgan fingerprint density at radius 2 is 2.17 bits per heavy atom. The van der Waals surface area contributed by atoms with E-state index in [1.807, 2.05) is 0 Å². The summed E-state index contributed by atoms with van der Waals surface area (Å²) < 4.78 is 0. The number of phenols is 1. The lowest BCUT2D eigenvalue weighted by Gasteiger charge is -2.21. The molecule has 18 heavy (non-hydrogen) atoms. The van der Waals surface area contributed by atoms with E-state index in [0.29, 0.717) is 0 Å². The first-order valence-corrected chi connectivity index (χ1v) is 5.50. The van der Waals surface area contributed by atoms with Crippen LogP contribution in [0.2, 0.25) is 0 Å². The molecule has 0 bridgehead atoms. The zero-order chi connectivity index (χ0) is 13.1. The molecule has 0 saturated carbocycles. The first-order valence-electron chi connectivity index (χ1n) is 5.50. The van der Waals surface area contributed by atoms with Crippen molar-refractivity contribution in [2.75, 3.05) is 0 Å². The van der Waals surface area contributed by atoms with Crippen LogP contribution in [-0.2, 0) is 9.59 Å². The zero-order valence-corrected chi connectivity index (χ0v) is 9.47. The Morgan fingerprint density at radius 1 is 1.39 bits per heavy atom. The third-order valence-corrected chi connectivity index (χ3v) is 2.65. The Morgan fingerprint density at radius 3 is 2.83 bits per heavy atom. The number of carbonyl (C=O) groups is 3. The van der Waals surface area contributed by atoms with Crippen molar-refractivity contribution >= 4 is 17.7 Å². The molecular formula is C12H12N2O4. The molecule has 6 heteroatoms. The molecule has 6 nitrogen and oxygen atoms in total. The fraction of sp³-hybridized carbons (Fsp3) is 0.250. The lowest BCUT2D eigenvalue weighted by Crippen LogP contribution is -2.52. The van der Waals surface area contributed by atoms with E-state index in [1.165, 1.54) is 24.3 Å². The Hall–Kier alpha value is -2.37. The second-order valence-electron chi connectivity index (χ2n) is 4.03. The van der Waals surface area contributed by atoms with Gasteiger partial charge in [-0.05, 0) is 24.6 Å². The molecule has 0 radical (unpaired) electrons. The van der Waals surface area contributed by atoms with Crippen molar-refractivity contribution in [1.29, 1.82) is 0 Å². The van der Waals surface area contributed by atoms with Crippen molar-refractivity contribution in [3.05, 3.63) is 29.8 Å². The number of aromatic hydroxyl groups is 1. The molecule has 1 aromatic carbocycles. The van der Waals surface area contributed by atoms with E-state index in [1.54, 1.807) is 0 Å². The number of amides is 3. The van der Waals surface area contributed by atoms with Crippen LogP contribution in [0.3, 0.4) is 0 Å². The molecule has 2 rings (SSSR count). The van der Waals surface area contributed by atoms with Crippen LogP contribution >= 0.6 is 0 Å². The normalized spacial score (nSPS) is 19.2. The number of imide groups is 1. The van der Waals surface area contributed by atoms with Crippen molar-refractivity contribution in [3.8, 4) is 5.75 Å². The van der Waals surface area contributed by atoms with E-state index >= 15 is 0 Å². The summed E-state index contributed by atoms with van der Waals surface area (Å²) in [5, 5.41) is 13.9. The maximum Gasteiger partial charge on any atom is 0.252 e. The average molecular weight is 248 g/mol. The molecular weight excluding hydrogens is 236 g/mol. The van der Waals surface area contributed by atoms with Crippen LogP contribution in [0.1, 0.15) is 23.2 Å². The monoisotopic (exact) mass is 248 g/mol. The SMILES string of the molecule is O=C1CC[C@H](NC(=O)c2cccc(O)c2)C(=O)N1. The number of hydrogen-bond acceptors (Lipinski definition) is 4. The molecule has 1 aromatic rings. The van der Waals surface area contributed by atoms with E-state index in [-0.39, 0.29) is 30.1 Å². The van der Waals surface area contributed by atoms with E-state index in [0.717, 1.165) is 0 Å². The molecule has 1 aliphatic rings. The highest BCUT2D eigenvalue weighted by atomic mass is 16.3. The second-order valence-corrected chi connectivity index (χ2v) is 4.03. The third kappa shape index (κ3) is 2.65. The summed E-state index contributed by atoms with van der Waals surface area (Å²) in [6.07, 6.45) is 0.492. The van der Waals surface area contributed by atoms with Crippen molar-refractivity contribution in [1.82, 2.24) is 10.6 Å². The molecule has 1 saturated heterocycles. The smallest absolute Gasteiger partial charge is 0.252 e. The molecule has 3 amide bonds. The van der Waals surface area contributed by atoms with Gasteiger partial charge in [0, 0.05) is 12.0 Å². The fourth-order valence-electron chi connectivity index (χ4n) is 1.72. The van der Waals surface area contributed by atoms with Gasteiger partial charge in [0.15, 0.2) is 0 Å². The zero-order valence-electron chi connectivity index (χ0n) is 9.47.